The Morgan fingerprint density at radius 3 is 2.44 bits per heavy atom. The van der Waals surface area contributed by atoms with Crippen LogP contribution in [0.4, 0.5) is 5.69 Å². The number of benzene rings is 3. The third-order valence-electron chi connectivity index (χ3n) is 3.63. The number of hydrogen-bond donors (Lipinski definition) is 3. The first-order chi connectivity index (χ1) is 12.0. The van der Waals surface area contributed by atoms with Crippen LogP contribution in [0.1, 0.15) is 20.7 Å². The van der Waals surface area contributed by atoms with Crippen molar-refractivity contribution in [3.05, 3.63) is 77.9 Å². The van der Waals surface area contributed by atoms with E-state index < -0.39 is 5.97 Å². The average Bonchev–Trinajstić information content (AvgIpc) is 2.61. The maximum atomic E-state index is 12.5. The number of aromatic carboxylic acids is 1. The minimum Gasteiger partial charge on any atom is -0.478 e. The molecule has 0 spiro atoms. The van der Waals surface area contributed by atoms with Gasteiger partial charge in [0.2, 0.25) is 0 Å². The van der Waals surface area contributed by atoms with E-state index in [0.717, 1.165) is 10.8 Å². The number of thiocarbonyl (C=S) groups is 1. The second kappa shape index (κ2) is 7.11. The summed E-state index contributed by atoms with van der Waals surface area (Å²) >= 11 is 5.15. The molecular formula is C19H14N2O3S. The molecule has 5 nitrogen and oxygen atoms in total. The number of rotatable bonds is 3. The van der Waals surface area contributed by atoms with Crippen molar-refractivity contribution >= 4 is 45.7 Å². The van der Waals surface area contributed by atoms with E-state index in [-0.39, 0.29) is 16.6 Å². The molecule has 124 valence electrons. The van der Waals surface area contributed by atoms with Crippen LogP contribution in [-0.2, 0) is 0 Å². The Kier molecular flexibility index (Phi) is 4.72. The van der Waals surface area contributed by atoms with Crippen molar-refractivity contribution in [3.8, 4) is 0 Å². The largest absolute Gasteiger partial charge is 0.478 e. The van der Waals surface area contributed by atoms with Crippen molar-refractivity contribution in [2.24, 2.45) is 0 Å². The zero-order chi connectivity index (χ0) is 17.8. The first-order valence-electron chi connectivity index (χ1n) is 7.48. The van der Waals surface area contributed by atoms with Crippen molar-refractivity contribution in [1.82, 2.24) is 5.32 Å². The summed E-state index contributed by atoms with van der Waals surface area (Å²) in [5.41, 5.74) is 1.14. The van der Waals surface area contributed by atoms with Crippen LogP contribution in [0, 0.1) is 0 Å². The highest BCUT2D eigenvalue weighted by Gasteiger charge is 2.12. The van der Waals surface area contributed by atoms with Crippen LogP contribution in [0.2, 0.25) is 0 Å². The standard InChI is InChI=1S/C19H14N2O3S/c22-17(16-10-4-6-12-5-1-2-9-15(12)16)21-19(25)20-14-8-3-7-13(11-14)18(23)24/h1-11H,(H,23,24)(H2,20,21,22,25). The molecular weight excluding hydrogens is 336 g/mol. The summed E-state index contributed by atoms with van der Waals surface area (Å²) in [6.07, 6.45) is 0. The molecule has 0 saturated heterocycles. The van der Waals surface area contributed by atoms with E-state index in [0.29, 0.717) is 11.3 Å². The van der Waals surface area contributed by atoms with E-state index in [1.807, 2.05) is 36.4 Å². The van der Waals surface area contributed by atoms with Crippen molar-refractivity contribution in [1.29, 1.82) is 0 Å². The lowest BCUT2D eigenvalue weighted by atomic mass is 10.0. The number of amides is 1. The Bertz CT molecular complexity index is 980. The molecule has 0 heterocycles. The third kappa shape index (κ3) is 3.81. The molecule has 0 fully saturated rings. The monoisotopic (exact) mass is 350 g/mol. The predicted molar refractivity (Wildman–Crippen MR) is 101 cm³/mol. The minimum atomic E-state index is -1.03. The molecule has 0 atom stereocenters. The van der Waals surface area contributed by atoms with Gasteiger partial charge in [-0.25, -0.2) is 4.79 Å². The van der Waals surface area contributed by atoms with Gasteiger partial charge in [-0.2, -0.15) is 0 Å². The highest BCUT2D eigenvalue weighted by molar-refractivity contribution is 7.80. The zero-order valence-electron chi connectivity index (χ0n) is 13.0. The fraction of sp³-hybridized carbons (Fsp3) is 0. The molecule has 6 heteroatoms. The van der Waals surface area contributed by atoms with Gasteiger partial charge in [0.25, 0.3) is 5.91 Å². The molecule has 0 saturated carbocycles. The molecule has 0 radical (unpaired) electrons. The van der Waals surface area contributed by atoms with E-state index in [1.54, 1.807) is 18.2 Å². The van der Waals surface area contributed by atoms with Crippen molar-refractivity contribution in [2.75, 3.05) is 5.32 Å². The number of carboxylic acids is 1. The molecule has 3 rings (SSSR count). The minimum absolute atomic E-state index is 0.0977. The quantitative estimate of drug-likeness (QED) is 0.628. The molecule has 0 unspecified atom stereocenters. The van der Waals surface area contributed by atoms with E-state index in [4.69, 9.17) is 17.3 Å². The van der Waals surface area contributed by atoms with Crippen LogP contribution >= 0.6 is 12.2 Å². The molecule has 1 amide bonds. The van der Waals surface area contributed by atoms with E-state index in [1.165, 1.54) is 12.1 Å². The van der Waals surface area contributed by atoms with Gasteiger partial charge in [-0.1, -0.05) is 42.5 Å². The molecule has 3 aromatic rings. The summed E-state index contributed by atoms with van der Waals surface area (Å²) in [7, 11) is 0. The number of hydrogen-bond acceptors (Lipinski definition) is 3. The van der Waals surface area contributed by atoms with Gasteiger partial charge in [0.05, 0.1) is 5.56 Å². The highest BCUT2D eigenvalue weighted by atomic mass is 32.1. The van der Waals surface area contributed by atoms with Crippen LogP contribution in [0.25, 0.3) is 10.8 Å². The van der Waals surface area contributed by atoms with Crippen LogP contribution in [-0.4, -0.2) is 22.1 Å². The topological polar surface area (TPSA) is 78.4 Å². The summed E-state index contributed by atoms with van der Waals surface area (Å²) in [5.74, 6) is -1.36. The first kappa shape index (κ1) is 16.6. The van der Waals surface area contributed by atoms with E-state index >= 15 is 0 Å². The van der Waals surface area contributed by atoms with Crippen molar-refractivity contribution in [3.63, 3.8) is 0 Å². The van der Waals surface area contributed by atoms with Gasteiger partial charge in [0.15, 0.2) is 5.11 Å². The summed E-state index contributed by atoms with van der Waals surface area (Å²) in [5, 5.41) is 16.3. The number of nitrogens with one attached hydrogen (secondary N) is 2. The summed E-state index contributed by atoms with van der Waals surface area (Å²) in [4.78, 5) is 23.5. The lowest BCUT2D eigenvalue weighted by Crippen LogP contribution is -2.34. The molecule has 25 heavy (non-hydrogen) atoms. The highest BCUT2D eigenvalue weighted by Crippen LogP contribution is 2.18. The van der Waals surface area contributed by atoms with Gasteiger partial charge in [0, 0.05) is 11.3 Å². The summed E-state index contributed by atoms with van der Waals surface area (Å²) < 4.78 is 0. The Hall–Kier alpha value is -3.25. The molecule has 0 aliphatic carbocycles. The molecule has 0 bridgehead atoms. The lowest BCUT2D eigenvalue weighted by molar-refractivity contribution is 0.0696. The second-order valence-electron chi connectivity index (χ2n) is 5.32. The van der Waals surface area contributed by atoms with Gasteiger partial charge in [-0.3, -0.25) is 10.1 Å². The number of carboxylic acid groups (broad SMARTS) is 1. The van der Waals surface area contributed by atoms with Crippen molar-refractivity contribution in [2.45, 2.75) is 0 Å². The average molecular weight is 350 g/mol. The van der Waals surface area contributed by atoms with Crippen LogP contribution in [0.5, 0.6) is 0 Å². The smallest absolute Gasteiger partial charge is 0.335 e. The fourth-order valence-corrected chi connectivity index (χ4v) is 2.70. The van der Waals surface area contributed by atoms with Gasteiger partial charge in [0.1, 0.15) is 0 Å². The van der Waals surface area contributed by atoms with E-state index in [9.17, 15) is 9.59 Å². The fourth-order valence-electron chi connectivity index (χ4n) is 2.49. The van der Waals surface area contributed by atoms with E-state index in [2.05, 4.69) is 10.6 Å². The molecule has 0 aliphatic rings. The molecule has 0 aromatic heterocycles. The van der Waals surface area contributed by atoms with Gasteiger partial charge in [-0.05, 0) is 47.3 Å². The summed E-state index contributed by atoms with van der Waals surface area (Å²) in [6, 6.07) is 19.2. The normalized spacial score (nSPS) is 10.2. The van der Waals surface area contributed by atoms with Crippen LogP contribution in [0.15, 0.2) is 66.7 Å². The van der Waals surface area contributed by atoms with Gasteiger partial charge in [-0.15, -0.1) is 0 Å². The number of carbonyl (C=O) groups is 2. The Balaban J connectivity index is 1.75. The number of fused-ring (bicyclic) bond motifs is 1. The van der Waals surface area contributed by atoms with Crippen LogP contribution < -0.4 is 10.6 Å². The molecule has 3 N–H and O–H groups in total. The molecule has 3 aromatic carbocycles. The zero-order valence-corrected chi connectivity index (χ0v) is 13.8. The second-order valence-corrected chi connectivity index (χ2v) is 5.73. The Morgan fingerprint density at radius 1 is 0.920 bits per heavy atom. The molecule has 0 aliphatic heterocycles. The van der Waals surface area contributed by atoms with Gasteiger partial charge >= 0.3 is 5.97 Å². The maximum absolute atomic E-state index is 12.5. The van der Waals surface area contributed by atoms with Gasteiger partial charge < -0.3 is 10.4 Å². The number of carbonyl (C=O) groups excluding carboxylic acids is 1. The predicted octanol–water partition coefficient (Wildman–Crippen LogP) is 3.66. The van der Waals surface area contributed by atoms with Crippen LogP contribution in [0.3, 0.4) is 0 Å². The Labute approximate surface area is 149 Å². The van der Waals surface area contributed by atoms with Crippen molar-refractivity contribution < 1.29 is 14.7 Å². The third-order valence-corrected chi connectivity index (χ3v) is 3.83. The summed E-state index contributed by atoms with van der Waals surface area (Å²) in [6.45, 7) is 0. The SMILES string of the molecule is O=C(O)c1cccc(NC(=S)NC(=O)c2cccc3ccccc23)c1. The first-order valence-corrected chi connectivity index (χ1v) is 7.89. The Morgan fingerprint density at radius 2 is 1.64 bits per heavy atom. The maximum Gasteiger partial charge on any atom is 0.335 e. The number of anilines is 1. The lowest BCUT2D eigenvalue weighted by Gasteiger charge is -2.11.